The molecule has 0 atom stereocenters. The highest BCUT2D eigenvalue weighted by atomic mass is 32.1. The van der Waals surface area contributed by atoms with Crippen molar-refractivity contribution in [1.29, 1.82) is 0 Å². The van der Waals surface area contributed by atoms with Crippen molar-refractivity contribution in [2.24, 2.45) is 0 Å². The molecule has 57 heavy (non-hydrogen) atoms. The maximum atomic E-state index is 6.71. The highest BCUT2D eigenvalue weighted by Gasteiger charge is 2.22. The highest BCUT2D eigenvalue weighted by molar-refractivity contribution is 7.26. The molecular weight excluding hydrogens is 711 g/mol. The number of thiophene rings is 1. The average molecular weight is 746 g/mol. The second-order valence-electron chi connectivity index (χ2n) is 14.5. The molecule has 0 fully saturated rings. The van der Waals surface area contributed by atoms with Crippen molar-refractivity contribution >= 4 is 70.5 Å². The summed E-state index contributed by atoms with van der Waals surface area (Å²) in [5, 5.41) is 4.79. The number of para-hydroxylation sites is 2. The van der Waals surface area contributed by atoms with Gasteiger partial charge in [0, 0.05) is 47.9 Å². The van der Waals surface area contributed by atoms with E-state index in [1.807, 2.05) is 17.4 Å². The number of fused-ring (bicyclic) bond motifs is 6. The second-order valence-corrected chi connectivity index (χ2v) is 15.5. The van der Waals surface area contributed by atoms with Gasteiger partial charge >= 0.3 is 0 Å². The summed E-state index contributed by atoms with van der Waals surface area (Å²) in [6, 6.07) is 76.3. The van der Waals surface area contributed by atoms with Crippen LogP contribution in [0.4, 0.5) is 17.1 Å². The normalized spacial score (nSPS) is 11.5. The molecule has 2 nitrogen and oxygen atoms in total. The summed E-state index contributed by atoms with van der Waals surface area (Å²) >= 11 is 1.87. The first-order chi connectivity index (χ1) is 28.3. The molecule has 11 rings (SSSR count). The number of hydrogen-bond donors (Lipinski definition) is 0. The zero-order valence-electron chi connectivity index (χ0n) is 31.0. The lowest BCUT2D eigenvalue weighted by Crippen LogP contribution is -2.10. The summed E-state index contributed by atoms with van der Waals surface area (Å²) in [6.45, 7) is 0. The van der Waals surface area contributed by atoms with Crippen LogP contribution in [0.3, 0.4) is 0 Å². The topological polar surface area (TPSA) is 16.4 Å². The molecule has 2 aromatic heterocycles. The molecule has 2 heterocycles. The Kier molecular flexibility index (Phi) is 8.04. The van der Waals surface area contributed by atoms with E-state index < -0.39 is 0 Å². The minimum atomic E-state index is 0.861. The summed E-state index contributed by atoms with van der Waals surface area (Å²) in [7, 11) is 0. The Hall–Kier alpha value is -7.20. The molecule has 0 N–H and O–H groups in total. The molecule has 11 aromatic rings. The third kappa shape index (κ3) is 5.80. The lowest BCUT2D eigenvalue weighted by atomic mass is 9.92. The van der Waals surface area contributed by atoms with Crippen molar-refractivity contribution in [3.63, 3.8) is 0 Å². The van der Waals surface area contributed by atoms with Gasteiger partial charge in [-0.05, 0) is 81.4 Å². The van der Waals surface area contributed by atoms with E-state index in [2.05, 4.69) is 211 Å². The molecular formula is C54H35NOS. The van der Waals surface area contributed by atoms with Crippen molar-refractivity contribution < 1.29 is 4.42 Å². The monoisotopic (exact) mass is 745 g/mol. The fraction of sp³-hybridized carbons (Fsp3) is 0. The fourth-order valence-electron chi connectivity index (χ4n) is 8.35. The van der Waals surface area contributed by atoms with Crippen LogP contribution in [0.2, 0.25) is 0 Å². The third-order valence-corrected chi connectivity index (χ3v) is 12.3. The zero-order valence-corrected chi connectivity index (χ0v) is 31.8. The third-order valence-electron chi connectivity index (χ3n) is 11.1. The van der Waals surface area contributed by atoms with Crippen molar-refractivity contribution in [1.82, 2.24) is 0 Å². The number of rotatable bonds is 7. The van der Waals surface area contributed by atoms with E-state index in [0.29, 0.717) is 0 Å². The van der Waals surface area contributed by atoms with Crippen LogP contribution >= 0.6 is 11.3 Å². The van der Waals surface area contributed by atoms with E-state index in [0.717, 1.165) is 44.6 Å². The van der Waals surface area contributed by atoms with Crippen LogP contribution in [0.5, 0.6) is 0 Å². The average Bonchev–Trinajstić information content (AvgIpc) is 3.87. The molecule has 0 aliphatic carbocycles. The molecule has 0 unspecified atom stereocenters. The minimum absolute atomic E-state index is 0.861. The predicted molar refractivity (Wildman–Crippen MR) is 243 cm³/mol. The molecule has 0 saturated carbocycles. The summed E-state index contributed by atoms with van der Waals surface area (Å²) in [6.07, 6.45) is 0. The van der Waals surface area contributed by atoms with E-state index in [1.54, 1.807) is 0 Å². The van der Waals surface area contributed by atoms with Crippen molar-refractivity contribution in [2.45, 2.75) is 0 Å². The van der Waals surface area contributed by atoms with E-state index in [1.165, 1.54) is 59.1 Å². The number of nitrogens with zero attached hydrogens (tertiary/aromatic N) is 1. The molecule has 9 aromatic carbocycles. The molecule has 3 heteroatoms. The standard InChI is InChI=1S/C54H35NOS/c1-3-13-36(14-4-1)37-25-27-38(28-26-37)39-29-31-41(32-30-39)55(50-22-12-19-46-44-17-7-9-23-51(44)56-53(46)50)42-33-34-43(40-15-5-2-6-16-40)49(35-42)48-21-11-20-47-45-18-8-10-24-52(45)57-54(47)48/h1-35H. The van der Waals surface area contributed by atoms with Gasteiger partial charge in [0.15, 0.2) is 5.58 Å². The van der Waals surface area contributed by atoms with Crippen LogP contribution in [-0.2, 0) is 0 Å². The van der Waals surface area contributed by atoms with Crippen molar-refractivity contribution in [3.05, 3.63) is 212 Å². The number of benzene rings is 9. The van der Waals surface area contributed by atoms with Crippen LogP contribution < -0.4 is 4.90 Å². The van der Waals surface area contributed by atoms with Crippen molar-refractivity contribution in [3.8, 4) is 44.5 Å². The molecule has 0 saturated heterocycles. The number of hydrogen-bond acceptors (Lipinski definition) is 3. The maximum Gasteiger partial charge on any atom is 0.159 e. The Bertz CT molecular complexity index is 3210. The Morgan fingerprint density at radius 1 is 0.351 bits per heavy atom. The summed E-state index contributed by atoms with van der Waals surface area (Å²) in [4.78, 5) is 2.36. The number of anilines is 3. The highest BCUT2D eigenvalue weighted by Crippen LogP contribution is 2.47. The van der Waals surface area contributed by atoms with Gasteiger partial charge in [-0.3, -0.25) is 0 Å². The summed E-state index contributed by atoms with van der Waals surface area (Å²) in [5.74, 6) is 0. The van der Waals surface area contributed by atoms with Crippen LogP contribution in [0.15, 0.2) is 217 Å². The maximum absolute atomic E-state index is 6.71. The predicted octanol–water partition coefficient (Wildman–Crippen LogP) is 16.1. The fourth-order valence-corrected chi connectivity index (χ4v) is 9.58. The Balaban J connectivity index is 1.10. The first kappa shape index (κ1) is 33.2. The first-order valence-electron chi connectivity index (χ1n) is 19.3. The first-order valence-corrected chi connectivity index (χ1v) is 20.1. The molecule has 0 amide bonds. The van der Waals surface area contributed by atoms with Crippen LogP contribution in [-0.4, -0.2) is 0 Å². The van der Waals surface area contributed by atoms with Crippen LogP contribution in [0.25, 0.3) is 86.6 Å². The Morgan fingerprint density at radius 3 is 1.67 bits per heavy atom. The lowest BCUT2D eigenvalue weighted by molar-refractivity contribution is 0.669. The van der Waals surface area contributed by atoms with Gasteiger partial charge in [0.25, 0.3) is 0 Å². The quantitative estimate of drug-likeness (QED) is 0.162. The lowest BCUT2D eigenvalue weighted by Gasteiger charge is -2.27. The Morgan fingerprint density at radius 2 is 0.912 bits per heavy atom. The number of furan rings is 1. The van der Waals surface area contributed by atoms with E-state index in [9.17, 15) is 0 Å². The van der Waals surface area contributed by atoms with E-state index in [-0.39, 0.29) is 0 Å². The summed E-state index contributed by atoms with van der Waals surface area (Å²) < 4.78 is 9.30. The van der Waals surface area contributed by atoms with Gasteiger partial charge in [0.05, 0.1) is 5.69 Å². The SMILES string of the molecule is c1ccc(-c2ccc(-c3ccc(N(c4ccc(-c5ccccc5)c(-c5cccc6c5sc5ccccc56)c4)c4cccc5c4oc4ccccc45)cc3)cc2)cc1. The van der Waals surface area contributed by atoms with Gasteiger partial charge in [-0.1, -0.05) is 170 Å². The second kappa shape index (κ2) is 13.8. The van der Waals surface area contributed by atoms with Gasteiger partial charge in [0.2, 0.25) is 0 Å². The molecule has 268 valence electrons. The van der Waals surface area contributed by atoms with Gasteiger partial charge < -0.3 is 9.32 Å². The summed E-state index contributed by atoms with van der Waals surface area (Å²) in [5.41, 5.74) is 14.4. The van der Waals surface area contributed by atoms with Gasteiger partial charge in [-0.15, -0.1) is 11.3 Å². The van der Waals surface area contributed by atoms with E-state index in [4.69, 9.17) is 4.42 Å². The van der Waals surface area contributed by atoms with E-state index >= 15 is 0 Å². The van der Waals surface area contributed by atoms with Gasteiger partial charge in [-0.2, -0.15) is 0 Å². The molecule has 0 radical (unpaired) electrons. The molecule has 0 spiro atoms. The Labute approximate surface area is 335 Å². The molecule has 0 aliphatic heterocycles. The van der Waals surface area contributed by atoms with Crippen molar-refractivity contribution in [2.75, 3.05) is 4.90 Å². The molecule has 0 aliphatic rings. The van der Waals surface area contributed by atoms with Crippen LogP contribution in [0, 0.1) is 0 Å². The largest absolute Gasteiger partial charge is 0.454 e. The van der Waals surface area contributed by atoms with Gasteiger partial charge in [0.1, 0.15) is 5.58 Å². The minimum Gasteiger partial charge on any atom is -0.454 e. The smallest absolute Gasteiger partial charge is 0.159 e. The molecule has 0 bridgehead atoms. The van der Waals surface area contributed by atoms with Gasteiger partial charge in [-0.25, -0.2) is 0 Å². The van der Waals surface area contributed by atoms with Crippen LogP contribution in [0.1, 0.15) is 0 Å². The zero-order chi connectivity index (χ0) is 37.7.